The molecular weight excluding hydrogens is 246 g/mol. The summed E-state index contributed by atoms with van der Waals surface area (Å²) in [7, 11) is 0. The minimum absolute atomic E-state index is 0.210. The number of rotatable bonds is 2. The highest BCUT2D eigenvalue weighted by atomic mass is 35.5. The number of amides is 1. The number of aromatic nitrogens is 2. The van der Waals surface area contributed by atoms with E-state index in [2.05, 4.69) is 19.7 Å². The predicted molar refractivity (Wildman–Crippen MR) is 60.0 cm³/mol. The summed E-state index contributed by atoms with van der Waals surface area (Å²) in [6.07, 6.45) is 3.70. The van der Waals surface area contributed by atoms with Crippen LogP contribution >= 0.6 is 11.6 Å². The number of carbonyl (C=O) groups is 1. The van der Waals surface area contributed by atoms with E-state index in [0.29, 0.717) is 0 Å². The van der Waals surface area contributed by atoms with E-state index in [1.165, 1.54) is 18.5 Å². The molecular formula is C10H6ClN3O3. The monoisotopic (exact) mass is 251 g/mol. The Bertz CT molecular complexity index is 574. The van der Waals surface area contributed by atoms with Crippen molar-refractivity contribution in [1.82, 2.24) is 9.97 Å². The molecule has 0 saturated heterocycles. The Morgan fingerprint density at radius 3 is 2.71 bits per heavy atom. The molecule has 86 valence electrons. The summed E-state index contributed by atoms with van der Waals surface area (Å²) >= 11 is 5.55. The fraction of sp³-hybridized carbons (Fsp3) is 0. The molecule has 0 aliphatic carbocycles. The average molecular weight is 252 g/mol. The molecule has 0 radical (unpaired) electrons. The van der Waals surface area contributed by atoms with Crippen LogP contribution in [0.5, 0.6) is 0 Å². The molecule has 0 bridgehead atoms. The molecule has 0 saturated carbocycles. The van der Waals surface area contributed by atoms with Gasteiger partial charge in [0.2, 0.25) is 0 Å². The van der Waals surface area contributed by atoms with Gasteiger partial charge in [-0.3, -0.25) is 4.79 Å². The molecule has 0 aromatic carbocycles. The van der Waals surface area contributed by atoms with Crippen LogP contribution in [-0.4, -0.2) is 15.9 Å². The highest BCUT2D eigenvalue weighted by Gasteiger charge is 2.07. The Morgan fingerprint density at radius 2 is 2.12 bits per heavy atom. The molecule has 1 N–H and O–H groups in total. The lowest BCUT2D eigenvalue weighted by molar-refractivity contribution is 0.102. The number of hydrogen-bond acceptors (Lipinski definition) is 5. The number of nitrogens with zero attached hydrogens (tertiary/aromatic N) is 2. The molecule has 0 aliphatic heterocycles. The molecule has 2 aromatic rings. The first-order valence-corrected chi connectivity index (χ1v) is 4.91. The maximum absolute atomic E-state index is 11.6. The Labute approximate surface area is 100 Å². The number of hydrogen-bond donors (Lipinski definition) is 1. The molecule has 17 heavy (non-hydrogen) atoms. The Hall–Kier alpha value is -2.21. The molecule has 0 aliphatic rings. The van der Waals surface area contributed by atoms with Gasteiger partial charge < -0.3 is 9.73 Å². The number of halogens is 1. The van der Waals surface area contributed by atoms with E-state index in [9.17, 15) is 9.59 Å². The molecule has 0 fully saturated rings. The molecule has 2 heterocycles. The summed E-state index contributed by atoms with van der Waals surface area (Å²) in [5.41, 5.74) is -0.311. The smallest absolute Gasteiger partial charge is 0.335 e. The zero-order valence-electron chi connectivity index (χ0n) is 8.38. The highest BCUT2D eigenvalue weighted by molar-refractivity contribution is 6.29. The number of nitrogens with one attached hydrogen (secondary N) is 1. The second-order valence-electron chi connectivity index (χ2n) is 3.02. The van der Waals surface area contributed by atoms with Crippen LogP contribution in [0.1, 0.15) is 10.4 Å². The number of anilines is 1. The van der Waals surface area contributed by atoms with Gasteiger partial charge in [0, 0.05) is 6.07 Å². The van der Waals surface area contributed by atoms with Gasteiger partial charge in [-0.2, -0.15) is 0 Å². The van der Waals surface area contributed by atoms with E-state index < -0.39 is 11.5 Å². The van der Waals surface area contributed by atoms with Crippen LogP contribution in [0.4, 0.5) is 5.82 Å². The van der Waals surface area contributed by atoms with Crippen molar-refractivity contribution in [3.63, 3.8) is 0 Å². The minimum Gasteiger partial charge on any atom is -0.430 e. The van der Waals surface area contributed by atoms with Crippen molar-refractivity contribution >= 4 is 23.3 Å². The van der Waals surface area contributed by atoms with Crippen molar-refractivity contribution in [3.05, 3.63) is 51.9 Å². The molecule has 0 spiro atoms. The van der Waals surface area contributed by atoms with Crippen molar-refractivity contribution in [2.45, 2.75) is 0 Å². The van der Waals surface area contributed by atoms with Gasteiger partial charge in [-0.1, -0.05) is 11.6 Å². The summed E-state index contributed by atoms with van der Waals surface area (Å²) in [6.45, 7) is 0. The van der Waals surface area contributed by atoms with Gasteiger partial charge >= 0.3 is 5.63 Å². The molecule has 0 atom stereocenters. The first kappa shape index (κ1) is 11.3. The van der Waals surface area contributed by atoms with Gasteiger partial charge in [0.15, 0.2) is 5.82 Å². The number of carbonyl (C=O) groups excluding carboxylic acids is 1. The quantitative estimate of drug-likeness (QED) is 0.870. The van der Waals surface area contributed by atoms with E-state index >= 15 is 0 Å². The van der Waals surface area contributed by atoms with Gasteiger partial charge in [-0.15, -0.1) is 0 Å². The highest BCUT2D eigenvalue weighted by Crippen LogP contribution is 2.07. The Balaban J connectivity index is 2.14. The topological polar surface area (TPSA) is 85.1 Å². The first-order valence-electron chi connectivity index (χ1n) is 4.53. The van der Waals surface area contributed by atoms with E-state index in [1.54, 1.807) is 0 Å². The van der Waals surface area contributed by atoms with Crippen LogP contribution in [-0.2, 0) is 0 Å². The third kappa shape index (κ3) is 2.88. The molecule has 1 amide bonds. The van der Waals surface area contributed by atoms with Gasteiger partial charge in [-0.25, -0.2) is 14.8 Å². The van der Waals surface area contributed by atoms with Crippen molar-refractivity contribution in [1.29, 1.82) is 0 Å². The van der Waals surface area contributed by atoms with Crippen LogP contribution in [0.25, 0.3) is 0 Å². The molecule has 6 nitrogen and oxygen atoms in total. The maximum atomic E-state index is 11.6. The van der Waals surface area contributed by atoms with Crippen molar-refractivity contribution in [2.24, 2.45) is 0 Å². The standard InChI is InChI=1S/C10H6ClN3O3/c11-7-3-13-8(4-12-7)14-10(16)6-1-2-9(15)17-5-6/h1-5H,(H,13,14,16). The zero-order valence-corrected chi connectivity index (χ0v) is 9.14. The van der Waals surface area contributed by atoms with Crippen LogP contribution in [0.15, 0.2) is 40.0 Å². The molecule has 2 aromatic heterocycles. The van der Waals surface area contributed by atoms with Crippen molar-refractivity contribution < 1.29 is 9.21 Å². The minimum atomic E-state index is -0.521. The van der Waals surface area contributed by atoms with E-state index in [0.717, 1.165) is 12.3 Å². The van der Waals surface area contributed by atoms with E-state index in [1.807, 2.05) is 0 Å². The lowest BCUT2D eigenvalue weighted by atomic mass is 10.3. The SMILES string of the molecule is O=C(Nc1cnc(Cl)cn1)c1ccc(=O)oc1. The lowest BCUT2D eigenvalue weighted by Crippen LogP contribution is -2.14. The normalized spacial score (nSPS) is 9.94. The van der Waals surface area contributed by atoms with E-state index in [-0.39, 0.29) is 16.5 Å². The largest absolute Gasteiger partial charge is 0.430 e. The second kappa shape index (κ2) is 4.75. The van der Waals surface area contributed by atoms with Gasteiger partial charge in [0.1, 0.15) is 11.4 Å². The average Bonchev–Trinajstić information content (AvgIpc) is 2.33. The van der Waals surface area contributed by atoms with Crippen molar-refractivity contribution in [3.8, 4) is 0 Å². The summed E-state index contributed by atoms with van der Waals surface area (Å²) in [6, 6.07) is 2.51. The predicted octanol–water partition coefficient (Wildman–Crippen LogP) is 1.34. The summed E-state index contributed by atoms with van der Waals surface area (Å²) in [5.74, 6) is -0.198. The molecule has 2 rings (SSSR count). The zero-order chi connectivity index (χ0) is 12.3. The Morgan fingerprint density at radius 1 is 1.29 bits per heavy atom. The maximum Gasteiger partial charge on any atom is 0.335 e. The third-order valence-corrected chi connectivity index (χ3v) is 2.02. The lowest BCUT2D eigenvalue weighted by Gasteiger charge is -2.02. The summed E-state index contributed by atoms with van der Waals surface area (Å²) in [4.78, 5) is 29.9. The molecule has 0 unspecified atom stereocenters. The van der Waals surface area contributed by atoms with Crippen LogP contribution in [0.3, 0.4) is 0 Å². The van der Waals surface area contributed by atoms with Crippen LogP contribution < -0.4 is 10.9 Å². The van der Waals surface area contributed by atoms with Gasteiger partial charge in [-0.05, 0) is 6.07 Å². The van der Waals surface area contributed by atoms with Crippen molar-refractivity contribution in [2.75, 3.05) is 5.32 Å². The second-order valence-corrected chi connectivity index (χ2v) is 3.41. The van der Waals surface area contributed by atoms with Gasteiger partial charge in [0.05, 0.1) is 18.0 Å². The fourth-order valence-corrected chi connectivity index (χ4v) is 1.15. The third-order valence-electron chi connectivity index (χ3n) is 1.83. The summed E-state index contributed by atoms with van der Waals surface area (Å²) in [5, 5.41) is 2.70. The Kier molecular flexibility index (Phi) is 3.15. The summed E-state index contributed by atoms with van der Waals surface area (Å²) < 4.78 is 4.56. The van der Waals surface area contributed by atoms with E-state index in [4.69, 9.17) is 11.6 Å². The van der Waals surface area contributed by atoms with Crippen LogP contribution in [0.2, 0.25) is 5.15 Å². The van der Waals surface area contributed by atoms with Crippen LogP contribution in [0, 0.1) is 0 Å². The first-order chi connectivity index (χ1) is 8.15. The molecule has 7 heteroatoms. The fourth-order valence-electron chi connectivity index (χ4n) is 1.05. The van der Waals surface area contributed by atoms with Gasteiger partial charge in [0.25, 0.3) is 5.91 Å².